The Morgan fingerprint density at radius 2 is 1.59 bits per heavy atom. The van der Waals surface area contributed by atoms with E-state index in [9.17, 15) is 13.2 Å². The first kappa shape index (κ1) is 22.3. The van der Waals surface area contributed by atoms with Crippen LogP contribution in [0.1, 0.15) is 10.4 Å². The number of aromatic nitrogens is 2. The molecule has 1 aliphatic rings. The number of amides is 1. The van der Waals surface area contributed by atoms with Crippen molar-refractivity contribution in [2.45, 2.75) is 4.90 Å². The lowest BCUT2D eigenvalue weighted by Crippen LogP contribution is -2.47. The van der Waals surface area contributed by atoms with Crippen LogP contribution in [0.5, 0.6) is 0 Å². The highest BCUT2D eigenvalue weighted by Gasteiger charge is 2.23. The van der Waals surface area contributed by atoms with Crippen LogP contribution in [0, 0.1) is 0 Å². The van der Waals surface area contributed by atoms with Crippen LogP contribution in [0.25, 0.3) is 0 Å². The van der Waals surface area contributed by atoms with Gasteiger partial charge in [-0.15, -0.1) is 0 Å². The van der Waals surface area contributed by atoms with Gasteiger partial charge in [0.05, 0.1) is 10.6 Å². The van der Waals surface area contributed by atoms with Gasteiger partial charge in [0.25, 0.3) is 15.9 Å². The fourth-order valence-electron chi connectivity index (χ4n) is 3.33. The summed E-state index contributed by atoms with van der Waals surface area (Å²) in [7, 11) is -4.12. The van der Waals surface area contributed by atoms with Crippen LogP contribution in [0.4, 0.5) is 11.6 Å². The molecule has 3 aromatic rings. The van der Waals surface area contributed by atoms with Crippen LogP contribution < -0.4 is 14.5 Å². The van der Waals surface area contributed by atoms with Crippen LogP contribution in [0.15, 0.2) is 65.8 Å². The smallest absolute Gasteiger partial charge is 0.266 e. The third-order valence-electron chi connectivity index (χ3n) is 5.01. The highest BCUT2D eigenvalue weighted by Crippen LogP contribution is 2.22. The number of sulfonamides is 1. The maximum atomic E-state index is 12.6. The van der Waals surface area contributed by atoms with Crippen molar-refractivity contribution >= 4 is 50.8 Å². The molecule has 0 aliphatic carbocycles. The summed E-state index contributed by atoms with van der Waals surface area (Å²) in [6.07, 6.45) is 3.00. The summed E-state index contributed by atoms with van der Waals surface area (Å²) < 4.78 is 27.2. The van der Waals surface area contributed by atoms with E-state index in [0.717, 1.165) is 32.0 Å². The molecule has 2 aromatic heterocycles. The number of halogens is 2. The summed E-state index contributed by atoms with van der Waals surface area (Å²) >= 11 is 11.8. The fourth-order valence-corrected chi connectivity index (χ4v) is 4.74. The molecule has 0 radical (unpaired) electrons. The van der Waals surface area contributed by atoms with Gasteiger partial charge in [0.1, 0.15) is 16.5 Å². The predicted molar refractivity (Wildman–Crippen MR) is 124 cm³/mol. The lowest BCUT2D eigenvalue weighted by Gasteiger charge is -2.36. The molecule has 0 bridgehead atoms. The third-order valence-corrected chi connectivity index (χ3v) is 6.87. The number of benzene rings is 1. The van der Waals surface area contributed by atoms with E-state index in [0.29, 0.717) is 10.8 Å². The van der Waals surface area contributed by atoms with Crippen molar-refractivity contribution in [3.05, 3.63) is 76.5 Å². The lowest BCUT2D eigenvalue weighted by atomic mass is 10.2. The molecule has 32 heavy (non-hydrogen) atoms. The molecule has 1 N–H and O–H groups in total. The van der Waals surface area contributed by atoms with Crippen molar-refractivity contribution in [1.29, 1.82) is 0 Å². The van der Waals surface area contributed by atoms with Crippen LogP contribution in [-0.4, -0.2) is 50.5 Å². The second kappa shape index (κ2) is 9.32. The van der Waals surface area contributed by atoms with Gasteiger partial charge in [-0.25, -0.2) is 23.1 Å². The molecule has 1 amide bonds. The van der Waals surface area contributed by atoms with Crippen LogP contribution in [-0.2, 0) is 10.0 Å². The number of nitrogens with zero attached hydrogens (tertiary/aromatic N) is 4. The first-order valence-corrected chi connectivity index (χ1v) is 12.0. The molecule has 3 heterocycles. The Kier molecular flexibility index (Phi) is 6.50. The molecular formula is C21H19Cl2N5O3S. The van der Waals surface area contributed by atoms with Gasteiger partial charge in [0.2, 0.25) is 0 Å². The number of hydrogen-bond acceptors (Lipinski definition) is 7. The first-order valence-electron chi connectivity index (χ1n) is 9.73. The summed E-state index contributed by atoms with van der Waals surface area (Å²) in [5.74, 6) is 0.746. The van der Waals surface area contributed by atoms with Crippen LogP contribution >= 0.6 is 23.2 Å². The van der Waals surface area contributed by atoms with E-state index in [1.807, 2.05) is 22.9 Å². The number of carbonyl (C=O) groups excluding carboxylic acids is 1. The minimum Gasteiger partial charge on any atom is -0.353 e. The van der Waals surface area contributed by atoms with Gasteiger partial charge in [-0.1, -0.05) is 29.3 Å². The van der Waals surface area contributed by atoms with Crippen molar-refractivity contribution in [3.8, 4) is 0 Å². The quantitative estimate of drug-likeness (QED) is 0.585. The molecule has 0 saturated carbocycles. The van der Waals surface area contributed by atoms with Gasteiger partial charge < -0.3 is 9.80 Å². The summed E-state index contributed by atoms with van der Waals surface area (Å²) in [4.78, 5) is 25.2. The maximum absolute atomic E-state index is 12.6. The number of carbonyl (C=O) groups is 1. The van der Waals surface area contributed by atoms with Crippen molar-refractivity contribution in [2.24, 2.45) is 0 Å². The van der Waals surface area contributed by atoms with E-state index in [1.54, 1.807) is 12.3 Å². The number of anilines is 2. The van der Waals surface area contributed by atoms with E-state index in [4.69, 9.17) is 23.2 Å². The van der Waals surface area contributed by atoms with Gasteiger partial charge in [0.15, 0.2) is 0 Å². The molecule has 1 aromatic carbocycles. The summed E-state index contributed by atoms with van der Waals surface area (Å²) in [6.45, 7) is 3.00. The van der Waals surface area contributed by atoms with Crippen LogP contribution in [0.3, 0.4) is 0 Å². The zero-order valence-corrected chi connectivity index (χ0v) is 19.1. The molecule has 11 heteroatoms. The molecular weight excluding hydrogens is 473 g/mol. The average Bonchev–Trinajstić information content (AvgIpc) is 2.79. The van der Waals surface area contributed by atoms with E-state index >= 15 is 0 Å². The summed E-state index contributed by atoms with van der Waals surface area (Å²) in [6, 6.07) is 13.0. The zero-order chi connectivity index (χ0) is 22.7. The topological polar surface area (TPSA) is 95.5 Å². The first-order chi connectivity index (χ1) is 15.3. The lowest BCUT2D eigenvalue weighted by molar-refractivity contribution is 0.0981. The van der Waals surface area contributed by atoms with Gasteiger partial charge in [-0.05, 0) is 42.5 Å². The van der Waals surface area contributed by atoms with Crippen molar-refractivity contribution < 1.29 is 13.2 Å². The minimum absolute atomic E-state index is 0.00926. The van der Waals surface area contributed by atoms with Gasteiger partial charge in [-0.2, -0.15) is 0 Å². The summed E-state index contributed by atoms with van der Waals surface area (Å²) in [5.41, 5.74) is 0.00926. The Morgan fingerprint density at radius 1 is 0.906 bits per heavy atom. The van der Waals surface area contributed by atoms with Gasteiger partial charge in [0, 0.05) is 43.6 Å². The van der Waals surface area contributed by atoms with Crippen molar-refractivity contribution in [2.75, 3.05) is 36.0 Å². The Balaban J connectivity index is 1.41. The van der Waals surface area contributed by atoms with E-state index in [1.165, 1.54) is 30.5 Å². The molecule has 1 saturated heterocycles. The molecule has 0 spiro atoms. The number of piperazine rings is 1. The van der Waals surface area contributed by atoms with Crippen molar-refractivity contribution in [3.63, 3.8) is 0 Å². The molecule has 8 nitrogen and oxygen atoms in total. The second-order valence-electron chi connectivity index (χ2n) is 7.07. The van der Waals surface area contributed by atoms with E-state index in [2.05, 4.69) is 19.8 Å². The minimum atomic E-state index is -4.12. The SMILES string of the molecule is O=C(NS(=O)(=O)c1ccc(N2CCN(c3ccccn3)CC2)nc1)c1ccc(Cl)cc1Cl. The second-order valence-corrected chi connectivity index (χ2v) is 9.60. The van der Waals surface area contributed by atoms with Gasteiger partial charge in [-0.3, -0.25) is 4.79 Å². The Morgan fingerprint density at radius 3 is 2.16 bits per heavy atom. The molecule has 0 atom stereocenters. The monoisotopic (exact) mass is 491 g/mol. The number of hydrogen-bond donors (Lipinski definition) is 1. The standard InChI is InChI=1S/C21H19Cl2N5O3S/c22-15-4-6-17(18(23)13-15)21(29)26-32(30,31)16-5-7-20(25-14-16)28-11-9-27(10-12-28)19-3-1-2-8-24-19/h1-8,13-14H,9-12H2,(H,26,29). The zero-order valence-electron chi connectivity index (χ0n) is 16.8. The molecule has 1 fully saturated rings. The fraction of sp³-hybridized carbons (Fsp3) is 0.190. The largest absolute Gasteiger partial charge is 0.353 e. The number of rotatable bonds is 5. The maximum Gasteiger partial charge on any atom is 0.266 e. The van der Waals surface area contributed by atoms with E-state index in [-0.39, 0.29) is 15.5 Å². The molecule has 0 unspecified atom stereocenters. The predicted octanol–water partition coefficient (Wildman–Crippen LogP) is 3.23. The Bertz CT molecular complexity index is 1220. The molecule has 4 rings (SSSR count). The molecule has 166 valence electrons. The van der Waals surface area contributed by atoms with Gasteiger partial charge >= 0.3 is 0 Å². The van der Waals surface area contributed by atoms with E-state index < -0.39 is 15.9 Å². The Hall–Kier alpha value is -2.88. The molecule has 1 aliphatic heterocycles. The summed E-state index contributed by atoms with van der Waals surface area (Å²) in [5, 5.41) is 0.401. The number of pyridine rings is 2. The normalized spacial score (nSPS) is 14.3. The third kappa shape index (κ3) is 4.95. The van der Waals surface area contributed by atoms with Crippen molar-refractivity contribution in [1.82, 2.24) is 14.7 Å². The number of nitrogens with one attached hydrogen (secondary N) is 1. The highest BCUT2D eigenvalue weighted by atomic mass is 35.5. The highest BCUT2D eigenvalue weighted by molar-refractivity contribution is 7.90. The Labute approximate surface area is 195 Å². The van der Waals surface area contributed by atoms with Crippen LogP contribution in [0.2, 0.25) is 10.0 Å². The average molecular weight is 492 g/mol.